The minimum atomic E-state index is -5.29. The second-order valence-electron chi connectivity index (χ2n) is 14.4. The average molecular weight is 865 g/mol. The Hall–Kier alpha value is -5.57. The Morgan fingerprint density at radius 2 is 2.03 bits per heavy atom. The molecule has 0 spiro atoms. The fraction of sp³-hybridized carbons (Fsp3) is 0.471. The highest BCUT2D eigenvalue weighted by atomic mass is 32.3. The Bertz CT molecular complexity index is 2200. The maximum atomic E-state index is 13.5. The molecule has 1 aromatic carbocycles. The zero-order valence-electron chi connectivity index (χ0n) is 31.9. The number of aryl methyl sites for hydroxylation is 1. The second kappa shape index (κ2) is 18.1. The Balaban J connectivity index is 0.00000214. The van der Waals surface area contributed by atoms with Gasteiger partial charge in [-0.3, -0.25) is 19.7 Å². The molecule has 3 aromatic rings. The van der Waals surface area contributed by atoms with E-state index in [1.807, 2.05) is 22.9 Å². The van der Waals surface area contributed by atoms with Crippen molar-refractivity contribution in [3.05, 3.63) is 47.2 Å². The summed E-state index contributed by atoms with van der Waals surface area (Å²) in [6.07, 6.45) is 2.47. The Kier molecular flexibility index (Phi) is 13.7. The smallest absolute Gasteiger partial charge is 0.391 e. The van der Waals surface area contributed by atoms with E-state index in [0.717, 1.165) is 41.1 Å². The van der Waals surface area contributed by atoms with Crippen molar-refractivity contribution in [2.45, 2.75) is 69.5 Å². The summed E-state index contributed by atoms with van der Waals surface area (Å²) >= 11 is 0.955. The third kappa shape index (κ3) is 10.2. The average Bonchev–Trinajstić information content (AvgIpc) is 3.61. The number of nitrogens with zero attached hydrogens (tertiary/aromatic N) is 5. The summed E-state index contributed by atoms with van der Waals surface area (Å²) in [5.41, 5.74) is 9.57. The molecule has 0 bridgehead atoms. The summed E-state index contributed by atoms with van der Waals surface area (Å²) in [7, 11) is -5.29. The van der Waals surface area contributed by atoms with Gasteiger partial charge in [0.15, 0.2) is 16.9 Å². The first-order valence-corrected chi connectivity index (χ1v) is 20.1. The lowest BCUT2D eigenvalue weighted by Crippen LogP contribution is -2.76. The van der Waals surface area contributed by atoms with Gasteiger partial charge in [-0.05, 0) is 56.9 Å². The van der Waals surface area contributed by atoms with E-state index >= 15 is 0 Å². The number of carbonyl (C=O) groups is 4. The number of nitrogens with one attached hydrogen (secondary N) is 3. The van der Waals surface area contributed by atoms with Crippen LogP contribution in [0.4, 0.5) is 11.1 Å². The fourth-order valence-electron chi connectivity index (χ4n) is 6.30. The van der Waals surface area contributed by atoms with Crippen LogP contribution in [0.2, 0.25) is 0 Å². The number of carboxylic acids is 1. The number of aromatic nitrogens is 3. The van der Waals surface area contributed by atoms with Gasteiger partial charge < -0.3 is 51.5 Å². The molecule has 6 rings (SSSR count). The topological polar surface area (TPSA) is 347 Å². The highest BCUT2D eigenvalue weighted by Gasteiger charge is 2.58. The number of aliphatic hydroxyl groups is 1. The summed E-state index contributed by atoms with van der Waals surface area (Å²) < 4.78 is 45.8. The first-order valence-electron chi connectivity index (χ1n) is 17.9. The van der Waals surface area contributed by atoms with Crippen LogP contribution in [0.1, 0.15) is 38.4 Å². The SMILES string of the molecule is CC(O/N=C(\C(=O)NC1C(=O)N(OS(=O)(=O)[O-])C1(C)C)c1csc(N)n1)(C(=O)O)C1CCc2cc(-c3cnc(NCC(O)CN)[n+](CC4CNC4)c3)ccc2O1.O=CO. The molecule has 2 saturated heterocycles. The third-order valence-electron chi connectivity index (χ3n) is 9.78. The van der Waals surface area contributed by atoms with Crippen molar-refractivity contribution in [2.24, 2.45) is 16.8 Å². The lowest BCUT2D eigenvalue weighted by atomic mass is 9.84. The van der Waals surface area contributed by atoms with Crippen molar-refractivity contribution in [1.29, 1.82) is 0 Å². The first kappa shape index (κ1) is 44.5. The Morgan fingerprint density at radius 1 is 1.32 bits per heavy atom. The molecular formula is C34H44N10O13S2. The van der Waals surface area contributed by atoms with E-state index < -0.39 is 63.3 Å². The highest BCUT2D eigenvalue weighted by molar-refractivity contribution is 7.80. The monoisotopic (exact) mass is 864 g/mol. The highest BCUT2D eigenvalue weighted by Crippen LogP contribution is 2.37. The molecule has 0 aliphatic carbocycles. The van der Waals surface area contributed by atoms with E-state index in [0.29, 0.717) is 35.6 Å². The van der Waals surface area contributed by atoms with Crippen molar-refractivity contribution < 1.29 is 65.9 Å². The molecule has 2 amide bonds. The Labute approximate surface area is 341 Å². The van der Waals surface area contributed by atoms with Crippen LogP contribution in [0, 0.1) is 5.92 Å². The minimum absolute atomic E-state index is 0.0459. The van der Waals surface area contributed by atoms with E-state index in [1.165, 1.54) is 26.2 Å². The molecule has 3 aliphatic heterocycles. The summed E-state index contributed by atoms with van der Waals surface area (Å²) in [6, 6.07) is 4.12. The number of oxime groups is 1. The zero-order valence-corrected chi connectivity index (χ0v) is 33.6. The normalized spacial score (nSPS) is 20.2. The number of hydroxylamine groups is 2. The van der Waals surface area contributed by atoms with Gasteiger partial charge in [0.05, 0.1) is 30.9 Å². The lowest BCUT2D eigenvalue weighted by Gasteiger charge is -2.51. The number of rotatable bonds is 16. The van der Waals surface area contributed by atoms with Gasteiger partial charge in [0.25, 0.3) is 23.9 Å². The van der Waals surface area contributed by atoms with E-state index in [4.69, 9.17) is 30.9 Å². The quantitative estimate of drug-likeness (QED) is 0.0149. The van der Waals surface area contributed by atoms with Crippen LogP contribution in [0.25, 0.3) is 11.1 Å². The third-order valence-corrected chi connectivity index (χ3v) is 10.8. The molecule has 2 aromatic heterocycles. The van der Waals surface area contributed by atoms with Crippen LogP contribution in [0.15, 0.2) is 41.1 Å². The van der Waals surface area contributed by atoms with Gasteiger partial charge in [-0.15, -0.1) is 11.3 Å². The molecule has 320 valence electrons. The van der Waals surface area contributed by atoms with Crippen LogP contribution in [-0.2, 0) is 51.7 Å². The number of fused-ring (bicyclic) bond motifs is 1. The number of carboxylic acid groups (broad SMARTS) is 2. The maximum Gasteiger partial charge on any atom is 0.391 e. The lowest BCUT2D eigenvalue weighted by molar-refractivity contribution is -0.692. The number of anilines is 2. The van der Waals surface area contributed by atoms with Gasteiger partial charge in [-0.1, -0.05) is 16.2 Å². The van der Waals surface area contributed by atoms with Crippen LogP contribution < -0.4 is 36.7 Å². The number of aliphatic hydroxyl groups excluding tert-OH is 1. The van der Waals surface area contributed by atoms with Crippen molar-refractivity contribution >= 4 is 62.8 Å². The molecule has 59 heavy (non-hydrogen) atoms. The number of hydrogen-bond donors (Lipinski definition) is 8. The molecule has 0 saturated carbocycles. The number of aliphatic carboxylic acids is 1. The molecule has 25 heteroatoms. The number of thiazole rings is 1. The number of nitrogens with two attached hydrogens (primary N) is 2. The van der Waals surface area contributed by atoms with Gasteiger partial charge >= 0.3 is 11.9 Å². The predicted octanol–water partition coefficient (Wildman–Crippen LogP) is -1.82. The number of benzene rings is 1. The van der Waals surface area contributed by atoms with Crippen LogP contribution in [0.5, 0.6) is 5.75 Å². The molecule has 2 fully saturated rings. The van der Waals surface area contributed by atoms with E-state index in [2.05, 4.69) is 35.4 Å². The number of hydrogen-bond acceptors (Lipinski definition) is 19. The number of amides is 2. The number of ether oxygens (including phenoxy) is 1. The predicted molar refractivity (Wildman–Crippen MR) is 205 cm³/mol. The van der Waals surface area contributed by atoms with Gasteiger partial charge in [0, 0.05) is 36.5 Å². The second-order valence-corrected chi connectivity index (χ2v) is 16.2. The summed E-state index contributed by atoms with van der Waals surface area (Å²) in [5.74, 6) is -2.09. The number of carbonyl (C=O) groups excluding carboxylic acids is 2. The fourth-order valence-corrected chi connectivity index (χ4v) is 7.30. The number of β-lactam (4-membered cyclic amide) rings is 1. The van der Waals surface area contributed by atoms with E-state index in [1.54, 1.807) is 12.3 Å². The minimum Gasteiger partial charge on any atom is -0.724 e. The molecule has 4 atom stereocenters. The summed E-state index contributed by atoms with van der Waals surface area (Å²) in [5, 5.41) is 41.7. The molecular weight excluding hydrogens is 821 g/mol. The number of nitrogen functional groups attached to an aromatic ring is 1. The van der Waals surface area contributed by atoms with Crippen molar-refractivity contribution in [2.75, 3.05) is 37.2 Å². The van der Waals surface area contributed by atoms with Crippen molar-refractivity contribution in [3.8, 4) is 16.9 Å². The molecule has 3 aliphatic rings. The summed E-state index contributed by atoms with van der Waals surface area (Å²) in [6.45, 7) is 6.51. The first-order chi connectivity index (χ1) is 27.8. The molecule has 4 unspecified atom stereocenters. The standard InChI is InChI=1S/C33H42N10O11S2.CH2O2/c1-32(2)26(28(46)43(32)54-56(49,50)51)40-27(45)25(22-16-55-30(35)39-22)41-53-33(3,29(47)48)24-7-5-19-8-18(4-6-23(19)52-24)20-12-37-31(38-13-21(44)9-34)42(15-20)14-17-10-36-11-17;2-1-3/h4,6,8,12,15-17,21,24,26,36,44H,5,7,9-11,13-14,34H2,1-3H3,(H5,35,39,40,45,47,48,49,50,51);1H,(H,2,3)/b41-25-;. The van der Waals surface area contributed by atoms with Crippen molar-refractivity contribution in [1.82, 2.24) is 25.7 Å². The van der Waals surface area contributed by atoms with Gasteiger partial charge in [0.1, 0.15) is 23.7 Å². The molecule has 5 heterocycles. The van der Waals surface area contributed by atoms with Crippen LogP contribution in [0.3, 0.4) is 0 Å². The molecule has 23 nitrogen and oxygen atoms in total. The van der Waals surface area contributed by atoms with Gasteiger partial charge in [0.2, 0.25) is 10.4 Å². The zero-order chi connectivity index (χ0) is 43.3. The van der Waals surface area contributed by atoms with Crippen LogP contribution >= 0.6 is 11.3 Å². The molecule has 0 radical (unpaired) electrons. The van der Waals surface area contributed by atoms with Crippen LogP contribution in [-0.4, -0.2) is 129 Å². The molecule has 10 N–H and O–H groups in total. The van der Waals surface area contributed by atoms with Crippen molar-refractivity contribution in [3.63, 3.8) is 0 Å². The largest absolute Gasteiger partial charge is 0.724 e. The summed E-state index contributed by atoms with van der Waals surface area (Å²) in [4.78, 5) is 61.7. The van der Waals surface area contributed by atoms with E-state index in [-0.39, 0.29) is 36.8 Å². The van der Waals surface area contributed by atoms with Gasteiger partial charge in [-0.25, -0.2) is 22.8 Å². The maximum absolute atomic E-state index is 13.5. The Morgan fingerprint density at radius 3 is 2.61 bits per heavy atom. The van der Waals surface area contributed by atoms with Gasteiger partial charge in [-0.2, -0.15) is 9.35 Å². The van der Waals surface area contributed by atoms with E-state index in [9.17, 15) is 37.6 Å².